The highest BCUT2D eigenvalue weighted by Gasteiger charge is 2.49. The van der Waals surface area contributed by atoms with Crippen molar-refractivity contribution in [3.8, 4) is 17.2 Å². The van der Waals surface area contributed by atoms with Gasteiger partial charge in [0.2, 0.25) is 11.7 Å². The van der Waals surface area contributed by atoms with Crippen molar-refractivity contribution >= 4 is 22.8 Å². The molecule has 0 aliphatic carbocycles. The minimum absolute atomic E-state index is 0.106. The number of ether oxygens (including phenoxy) is 1. The number of nitrogens with zero attached hydrogens (tertiary/aromatic N) is 3. The third-order valence-corrected chi connectivity index (χ3v) is 4.93. The van der Waals surface area contributed by atoms with E-state index in [1.165, 1.54) is 19.4 Å². The SMILES string of the molecule is CC1COc2c(oc3cc(-c4ncco4)ccc23)C(=O)N1CC(=O)N(C(O)(O)O)C(O)(O)O. The lowest BCUT2D eigenvalue weighted by Gasteiger charge is -2.37. The van der Waals surface area contributed by atoms with E-state index in [0.717, 1.165) is 4.90 Å². The van der Waals surface area contributed by atoms with Gasteiger partial charge in [-0.15, -0.1) is 0 Å². The number of rotatable bonds is 5. The fourth-order valence-electron chi connectivity index (χ4n) is 3.46. The maximum atomic E-state index is 13.2. The summed E-state index contributed by atoms with van der Waals surface area (Å²) >= 11 is 0. The molecule has 1 unspecified atom stereocenters. The van der Waals surface area contributed by atoms with Crippen molar-refractivity contribution in [2.75, 3.05) is 13.2 Å². The highest BCUT2D eigenvalue weighted by atomic mass is 16.8. The number of amides is 2. The van der Waals surface area contributed by atoms with Crippen molar-refractivity contribution < 1.29 is 53.8 Å². The van der Waals surface area contributed by atoms with Crippen LogP contribution >= 0.6 is 0 Å². The van der Waals surface area contributed by atoms with Crippen LogP contribution in [0.3, 0.4) is 0 Å². The van der Waals surface area contributed by atoms with Crippen molar-refractivity contribution in [1.82, 2.24) is 14.8 Å². The molecule has 0 saturated carbocycles. The molecule has 1 aliphatic rings. The van der Waals surface area contributed by atoms with E-state index in [0.29, 0.717) is 16.8 Å². The van der Waals surface area contributed by atoms with Crippen LogP contribution in [-0.2, 0) is 4.79 Å². The number of aliphatic hydroxyl groups is 6. The number of hydrogen-bond acceptors (Lipinski definition) is 12. The smallest absolute Gasteiger partial charge is 0.378 e. The van der Waals surface area contributed by atoms with Gasteiger partial charge in [0, 0.05) is 5.56 Å². The zero-order valence-electron chi connectivity index (χ0n) is 16.9. The first-order chi connectivity index (χ1) is 15.4. The molecule has 176 valence electrons. The zero-order valence-corrected chi connectivity index (χ0v) is 16.9. The second-order valence-corrected chi connectivity index (χ2v) is 7.33. The monoisotopic (exact) mass is 465 g/mol. The average Bonchev–Trinajstić information content (AvgIpc) is 3.32. The number of benzene rings is 1. The van der Waals surface area contributed by atoms with Crippen LogP contribution in [0.15, 0.2) is 39.5 Å². The minimum atomic E-state index is -4.15. The summed E-state index contributed by atoms with van der Waals surface area (Å²) in [6, 6.07) is 4.09. The summed E-state index contributed by atoms with van der Waals surface area (Å²) in [5.74, 6) is -2.33. The Morgan fingerprint density at radius 3 is 2.52 bits per heavy atom. The fraction of sp³-hybridized carbons (Fsp3) is 0.316. The van der Waals surface area contributed by atoms with Gasteiger partial charge in [0.1, 0.15) is 25.0 Å². The largest absolute Gasteiger partial charge is 0.487 e. The molecule has 1 aliphatic heterocycles. The molecule has 0 radical (unpaired) electrons. The predicted molar refractivity (Wildman–Crippen MR) is 103 cm³/mol. The molecule has 3 aromatic rings. The Bertz CT molecular complexity index is 1180. The molecule has 0 bridgehead atoms. The van der Waals surface area contributed by atoms with Crippen LogP contribution in [0.25, 0.3) is 22.4 Å². The van der Waals surface area contributed by atoms with E-state index in [1.54, 1.807) is 18.2 Å². The van der Waals surface area contributed by atoms with Gasteiger partial charge in [-0.1, -0.05) is 0 Å². The number of hydrogen-bond donors (Lipinski definition) is 6. The van der Waals surface area contributed by atoms with E-state index >= 15 is 0 Å². The lowest BCUT2D eigenvalue weighted by atomic mass is 10.1. The lowest BCUT2D eigenvalue weighted by Crippen LogP contribution is -2.65. The molecule has 0 fully saturated rings. The Labute approximate surface area is 184 Å². The van der Waals surface area contributed by atoms with Gasteiger partial charge >= 0.3 is 12.2 Å². The average molecular weight is 465 g/mol. The molecular formula is C19H19N3O11. The molecule has 1 aromatic carbocycles. The Morgan fingerprint density at radius 1 is 1.21 bits per heavy atom. The van der Waals surface area contributed by atoms with E-state index in [1.807, 2.05) is 0 Å². The van der Waals surface area contributed by atoms with Gasteiger partial charge in [-0.3, -0.25) is 9.59 Å². The van der Waals surface area contributed by atoms with Crippen molar-refractivity contribution in [2.45, 2.75) is 25.2 Å². The third-order valence-electron chi connectivity index (χ3n) is 4.93. The number of furan rings is 1. The van der Waals surface area contributed by atoms with Crippen LogP contribution in [0.1, 0.15) is 17.5 Å². The second-order valence-electron chi connectivity index (χ2n) is 7.33. The van der Waals surface area contributed by atoms with Gasteiger partial charge in [0.25, 0.3) is 11.8 Å². The molecule has 1 atom stereocenters. The Morgan fingerprint density at radius 2 is 1.91 bits per heavy atom. The van der Waals surface area contributed by atoms with Crippen LogP contribution in [0.5, 0.6) is 5.75 Å². The second kappa shape index (κ2) is 7.80. The lowest BCUT2D eigenvalue weighted by molar-refractivity contribution is -0.494. The number of carbonyl (C=O) groups excluding carboxylic acids is 2. The van der Waals surface area contributed by atoms with Gasteiger partial charge in [-0.25, -0.2) is 4.98 Å². The van der Waals surface area contributed by atoms with E-state index in [9.17, 15) is 40.2 Å². The van der Waals surface area contributed by atoms with Gasteiger partial charge < -0.3 is 49.1 Å². The first-order valence-electron chi connectivity index (χ1n) is 9.45. The topological polar surface area (TPSA) is 210 Å². The molecule has 6 N–H and O–H groups in total. The van der Waals surface area contributed by atoms with E-state index in [4.69, 9.17) is 13.6 Å². The molecule has 0 spiro atoms. The van der Waals surface area contributed by atoms with Gasteiger partial charge in [0.05, 0.1) is 17.6 Å². The first kappa shape index (κ1) is 22.7. The van der Waals surface area contributed by atoms with Crippen molar-refractivity contribution in [3.63, 3.8) is 0 Å². The number of oxazole rings is 1. The predicted octanol–water partition coefficient (Wildman–Crippen LogP) is -1.68. The van der Waals surface area contributed by atoms with Crippen LogP contribution in [0.2, 0.25) is 0 Å². The van der Waals surface area contributed by atoms with Crippen molar-refractivity contribution in [3.05, 3.63) is 36.4 Å². The van der Waals surface area contributed by atoms with Crippen molar-refractivity contribution in [1.29, 1.82) is 0 Å². The number of fused-ring (bicyclic) bond motifs is 3. The van der Waals surface area contributed by atoms with Crippen LogP contribution < -0.4 is 4.74 Å². The van der Waals surface area contributed by atoms with Gasteiger partial charge in [-0.05, 0) is 25.1 Å². The summed E-state index contributed by atoms with van der Waals surface area (Å²) in [5.41, 5.74) is 0.821. The zero-order chi connectivity index (χ0) is 24.1. The summed E-state index contributed by atoms with van der Waals surface area (Å²) in [7, 11) is 0. The Balaban J connectivity index is 1.68. The minimum Gasteiger partial charge on any atom is -0.487 e. The molecule has 3 heterocycles. The summed E-state index contributed by atoms with van der Waals surface area (Å²) in [4.78, 5) is 29.7. The summed E-state index contributed by atoms with van der Waals surface area (Å²) < 4.78 is 16.6. The van der Waals surface area contributed by atoms with Crippen molar-refractivity contribution in [2.24, 2.45) is 0 Å². The van der Waals surface area contributed by atoms with E-state index < -0.39 is 41.5 Å². The molecule has 0 saturated heterocycles. The number of aromatic nitrogens is 1. The molecule has 14 heteroatoms. The van der Waals surface area contributed by atoms with Crippen LogP contribution in [0, 0.1) is 0 Å². The highest BCUT2D eigenvalue weighted by Crippen LogP contribution is 2.38. The van der Waals surface area contributed by atoms with Crippen LogP contribution in [-0.4, -0.2) is 88.6 Å². The maximum Gasteiger partial charge on any atom is 0.378 e. The Kier molecular flexibility index (Phi) is 5.36. The van der Waals surface area contributed by atoms with Gasteiger partial charge in [0.15, 0.2) is 5.75 Å². The fourth-order valence-corrected chi connectivity index (χ4v) is 3.46. The maximum absolute atomic E-state index is 13.2. The normalized spacial score (nSPS) is 17.0. The van der Waals surface area contributed by atoms with Gasteiger partial charge in [-0.2, -0.15) is 4.90 Å². The standard InChI is InChI=1S/C19H19N3O11/c1-9-8-32-14-11-3-2-10(16-20-4-5-31-16)6-12(11)33-15(14)17(24)21(9)7-13(23)22(18(25,26)27)19(28,29)30/h2-6,9,25-30H,7-8H2,1H3. The number of carbonyl (C=O) groups is 2. The van der Waals surface area contributed by atoms with Crippen LogP contribution in [0.4, 0.5) is 0 Å². The summed E-state index contributed by atoms with van der Waals surface area (Å²) in [6.45, 7) is 0.361. The molecule has 2 aromatic heterocycles. The summed E-state index contributed by atoms with van der Waals surface area (Å²) in [6.07, 6.45) is -5.44. The molecule has 14 nitrogen and oxygen atoms in total. The molecule has 33 heavy (non-hydrogen) atoms. The van der Waals surface area contributed by atoms with E-state index in [-0.39, 0.29) is 23.7 Å². The quantitative estimate of drug-likeness (QED) is 0.233. The molecule has 4 rings (SSSR count). The molecular weight excluding hydrogens is 446 g/mol. The first-order valence-corrected chi connectivity index (χ1v) is 9.45. The Hall–Kier alpha value is -3.53. The summed E-state index contributed by atoms with van der Waals surface area (Å²) in [5, 5.41) is 55.9. The highest BCUT2D eigenvalue weighted by molar-refractivity contribution is 6.03. The van der Waals surface area contributed by atoms with E-state index in [2.05, 4.69) is 4.98 Å². The third kappa shape index (κ3) is 4.13. The molecule has 2 amide bonds.